The van der Waals surface area contributed by atoms with Crippen LogP contribution in [-0.4, -0.2) is 35.4 Å². The Labute approximate surface area is 188 Å². The number of nitrogens with one attached hydrogen (secondary N) is 1. The first-order valence-electron chi connectivity index (χ1n) is 10.7. The van der Waals surface area contributed by atoms with Crippen LogP contribution >= 0.6 is 11.8 Å². The highest BCUT2D eigenvalue weighted by molar-refractivity contribution is 7.99. The summed E-state index contributed by atoms with van der Waals surface area (Å²) >= 11 is 2.02. The van der Waals surface area contributed by atoms with Crippen LogP contribution in [0.25, 0.3) is 0 Å². The molecule has 0 saturated carbocycles. The van der Waals surface area contributed by atoms with Gasteiger partial charge in [-0.3, -0.25) is 9.69 Å². The Kier molecular flexibility index (Phi) is 7.28. The Morgan fingerprint density at radius 3 is 2.58 bits per heavy atom. The number of anilines is 1. The molecule has 4 nitrogen and oxygen atoms in total. The predicted molar refractivity (Wildman–Crippen MR) is 129 cm³/mol. The van der Waals surface area contributed by atoms with Crippen molar-refractivity contribution in [3.63, 3.8) is 0 Å². The van der Waals surface area contributed by atoms with Crippen molar-refractivity contribution in [3.8, 4) is 5.75 Å². The van der Waals surface area contributed by atoms with Crippen molar-refractivity contribution < 1.29 is 9.53 Å². The largest absolute Gasteiger partial charge is 0.489 e. The molecule has 3 aromatic carbocycles. The van der Waals surface area contributed by atoms with Crippen molar-refractivity contribution in [1.29, 1.82) is 0 Å². The van der Waals surface area contributed by atoms with Gasteiger partial charge in [0.05, 0.1) is 0 Å². The molecule has 3 aromatic rings. The standard InChI is InChI=1S/C26H28N2O2S/c1-20-10-11-22(18-28-12-14-31-15-13-28)16-25(20)27-26(29)23-8-5-9-24(17-23)30-19-21-6-3-2-4-7-21/h2-11,16-17H,12-15,18-19H2,1H3,(H,27,29). The topological polar surface area (TPSA) is 41.6 Å². The molecule has 1 heterocycles. The minimum absolute atomic E-state index is 0.125. The highest BCUT2D eigenvalue weighted by Crippen LogP contribution is 2.22. The molecule has 5 heteroatoms. The van der Waals surface area contributed by atoms with Crippen LogP contribution in [0, 0.1) is 6.92 Å². The van der Waals surface area contributed by atoms with Crippen LogP contribution < -0.4 is 10.1 Å². The molecule has 0 atom stereocenters. The first-order chi connectivity index (χ1) is 15.2. The number of carbonyl (C=O) groups excluding carboxylic acids is 1. The van der Waals surface area contributed by atoms with Gasteiger partial charge in [0.15, 0.2) is 0 Å². The molecular formula is C26H28N2O2S. The fourth-order valence-corrected chi connectivity index (χ4v) is 4.56. The third-order valence-corrected chi connectivity index (χ3v) is 6.35. The minimum atomic E-state index is -0.125. The van der Waals surface area contributed by atoms with E-state index in [9.17, 15) is 4.79 Å². The SMILES string of the molecule is Cc1ccc(CN2CCSCC2)cc1NC(=O)c1cccc(OCc2ccccc2)c1. The number of nitrogens with zero attached hydrogens (tertiary/aromatic N) is 1. The average Bonchev–Trinajstić information content (AvgIpc) is 2.81. The molecule has 1 N–H and O–H groups in total. The molecule has 160 valence electrons. The van der Waals surface area contributed by atoms with E-state index in [1.165, 1.54) is 17.1 Å². The maximum absolute atomic E-state index is 12.9. The van der Waals surface area contributed by atoms with E-state index < -0.39 is 0 Å². The first kappa shape index (κ1) is 21.5. The summed E-state index contributed by atoms with van der Waals surface area (Å²) in [5.41, 5.74) is 4.83. The minimum Gasteiger partial charge on any atom is -0.489 e. The van der Waals surface area contributed by atoms with Gasteiger partial charge in [0.25, 0.3) is 5.91 Å². The summed E-state index contributed by atoms with van der Waals surface area (Å²) in [6, 6.07) is 23.7. The van der Waals surface area contributed by atoms with Crippen LogP contribution in [0.1, 0.15) is 27.0 Å². The normalized spacial score (nSPS) is 14.2. The Bertz CT molecular complexity index is 1020. The summed E-state index contributed by atoms with van der Waals surface area (Å²) in [7, 11) is 0. The molecule has 0 spiro atoms. The lowest BCUT2D eigenvalue weighted by Crippen LogP contribution is -2.32. The smallest absolute Gasteiger partial charge is 0.255 e. The molecule has 0 unspecified atom stereocenters. The molecule has 1 amide bonds. The van der Waals surface area contributed by atoms with Crippen molar-refractivity contribution in [2.45, 2.75) is 20.1 Å². The molecule has 1 saturated heterocycles. The van der Waals surface area contributed by atoms with Crippen molar-refractivity contribution >= 4 is 23.4 Å². The van der Waals surface area contributed by atoms with E-state index >= 15 is 0 Å². The number of aryl methyl sites for hydroxylation is 1. The van der Waals surface area contributed by atoms with Gasteiger partial charge in [-0.1, -0.05) is 48.5 Å². The predicted octanol–water partition coefficient (Wildman–Crippen LogP) is 5.38. The second kappa shape index (κ2) is 10.5. The van der Waals surface area contributed by atoms with Crippen LogP contribution in [0.15, 0.2) is 72.8 Å². The maximum Gasteiger partial charge on any atom is 0.255 e. The molecule has 0 aromatic heterocycles. The number of thioether (sulfide) groups is 1. The van der Waals surface area contributed by atoms with Gasteiger partial charge in [-0.05, 0) is 47.9 Å². The number of rotatable bonds is 7. The van der Waals surface area contributed by atoms with Crippen molar-refractivity contribution in [1.82, 2.24) is 4.90 Å². The van der Waals surface area contributed by atoms with E-state index in [0.717, 1.165) is 36.4 Å². The molecule has 0 radical (unpaired) electrons. The van der Waals surface area contributed by atoms with Crippen molar-refractivity contribution in [2.75, 3.05) is 29.9 Å². The van der Waals surface area contributed by atoms with Gasteiger partial charge in [-0.2, -0.15) is 11.8 Å². The van der Waals surface area contributed by atoms with Crippen LogP contribution in [0.2, 0.25) is 0 Å². The molecule has 4 rings (SSSR count). The zero-order chi connectivity index (χ0) is 21.5. The summed E-state index contributed by atoms with van der Waals surface area (Å²) in [6.45, 7) is 5.66. The van der Waals surface area contributed by atoms with Crippen molar-refractivity contribution in [3.05, 3.63) is 95.1 Å². The third kappa shape index (κ3) is 6.12. The summed E-state index contributed by atoms with van der Waals surface area (Å²) in [5.74, 6) is 2.95. The Balaban J connectivity index is 1.41. The zero-order valence-corrected chi connectivity index (χ0v) is 18.7. The number of hydrogen-bond donors (Lipinski definition) is 1. The fraction of sp³-hybridized carbons (Fsp3) is 0.269. The van der Waals surface area contributed by atoms with Crippen molar-refractivity contribution in [2.24, 2.45) is 0 Å². The van der Waals surface area contributed by atoms with Crippen LogP contribution in [0.4, 0.5) is 5.69 Å². The molecule has 31 heavy (non-hydrogen) atoms. The number of amides is 1. The second-order valence-electron chi connectivity index (χ2n) is 7.79. The van der Waals surface area contributed by atoms with Crippen LogP contribution in [0.5, 0.6) is 5.75 Å². The van der Waals surface area contributed by atoms with Crippen LogP contribution in [-0.2, 0) is 13.2 Å². The molecule has 1 fully saturated rings. The lowest BCUT2D eigenvalue weighted by molar-refractivity contribution is 0.102. The summed E-state index contributed by atoms with van der Waals surface area (Å²) in [5, 5.41) is 3.09. The van der Waals surface area contributed by atoms with E-state index in [4.69, 9.17) is 4.74 Å². The summed E-state index contributed by atoms with van der Waals surface area (Å²) in [6.07, 6.45) is 0. The summed E-state index contributed by atoms with van der Waals surface area (Å²) in [4.78, 5) is 15.4. The number of benzene rings is 3. The van der Waals surface area contributed by atoms with Gasteiger partial charge in [0.1, 0.15) is 12.4 Å². The molecule has 1 aliphatic heterocycles. The van der Waals surface area contributed by atoms with E-state index in [1.54, 1.807) is 6.07 Å². The highest BCUT2D eigenvalue weighted by atomic mass is 32.2. The Morgan fingerprint density at radius 2 is 1.77 bits per heavy atom. The second-order valence-corrected chi connectivity index (χ2v) is 9.02. The van der Waals surface area contributed by atoms with Gasteiger partial charge in [-0.25, -0.2) is 0 Å². The lowest BCUT2D eigenvalue weighted by Gasteiger charge is -2.26. The molecule has 0 aliphatic carbocycles. The lowest BCUT2D eigenvalue weighted by atomic mass is 10.1. The average molecular weight is 433 g/mol. The summed E-state index contributed by atoms with van der Waals surface area (Å²) < 4.78 is 5.87. The maximum atomic E-state index is 12.9. The van der Waals surface area contributed by atoms with Gasteiger partial charge in [0.2, 0.25) is 0 Å². The van der Waals surface area contributed by atoms with Gasteiger partial charge >= 0.3 is 0 Å². The molecule has 0 bridgehead atoms. The van der Waals surface area contributed by atoms with Gasteiger partial charge < -0.3 is 10.1 Å². The highest BCUT2D eigenvalue weighted by Gasteiger charge is 2.13. The number of ether oxygens (including phenoxy) is 1. The monoisotopic (exact) mass is 432 g/mol. The molecule has 1 aliphatic rings. The van der Waals surface area contributed by atoms with E-state index in [1.807, 2.05) is 67.2 Å². The van der Waals surface area contributed by atoms with Crippen LogP contribution in [0.3, 0.4) is 0 Å². The van der Waals surface area contributed by atoms with E-state index in [0.29, 0.717) is 17.9 Å². The third-order valence-electron chi connectivity index (χ3n) is 5.40. The van der Waals surface area contributed by atoms with Gasteiger partial charge in [0, 0.05) is 42.4 Å². The van der Waals surface area contributed by atoms with E-state index in [2.05, 4.69) is 28.4 Å². The Morgan fingerprint density at radius 1 is 0.968 bits per heavy atom. The number of carbonyl (C=O) groups is 1. The fourth-order valence-electron chi connectivity index (χ4n) is 3.58. The first-order valence-corrected chi connectivity index (χ1v) is 11.8. The number of hydrogen-bond acceptors (Lipinski definition) is 4. The van der Waals surface area contributed by atoms with E-state index in [-0.39, 0.29) is 5.91 Å². The molecular weight excluding hydrogens is 404 g/mol. The zero-order valence-electron chi connectivity index (χ0n) is 17.8. The Hall–Kier alpha value is -2.76. The van der Waals surface area contributed by atoms with Gasteiger partial charge in [-0.15, -0.1) is 0 Å². The quantitative estimate of drug-likeness (QED) is 0.545.